The third-order valence-electron chi connectivity index (χ3n) is 1.68. The Kier molecular flexibility index (Phi) is 4.92. The molecule has 0 aliphatic rings. The van der Waals surface area contributed by atoms with Gasteiger partial charge in [0.25, 0.3) is 0 Å². The summed E-state index contributed by atoms with van der Waals surface area (Å²) in [5.41, 5.74) is 2.24. The van der Waals surface area contributed by atoms with E-state index < -0.39 is 0 Å². The number of rotatable bonds is 4. The predicted molar refractivity (Wildman–Crippen MR) is 64.2 cm³/mol. The number of halogens is 1. The fraction of sp³-hybridized carbons (Fsp3) is 0.500. The van der Waals surface area contributed by atoms with Crippen molar-refractivity contribution in [2.75, 3.05) is 11.1 Å². The zero-order chi connectivity index (χ0) is 10.6. The van der Waals surface area contributed by atoms with Gasteiger partial charge in [-0.15, -0.1) is 11.8 Å². The molecule has 0 saturated heterocycles. The molecule has 0 saturated carbocycles. The van der Waals surface area contributed by atoms with E-state index in [2.05, 4.69) is 27.8 Å². The number of thioether (sulfide) groups is 1. The van der Waals surface area contributed by atoms with Crippen molar-refractivity contribution in [2.24, 2.45) is 0 Å². The molecule has 78 valence electrons. The summed E-state index contributed by atoms with van der Waals surface area (Å²) >= 11 is 4.82. The van der Waals surface area contributed by atoms with Gasteiger partial charge >= 0.3 is 0 Å². The fourth-order valence-electron chi connectivity index (χ4n) is 1.10. The van der Waals surface area contributed by atoms with Crippen molar-refractivity contribution < 1.29 is 5.11 Å². The molecule has 1 rings (SSSR count). The molecule has 0 bridgehead atoms. The molecule has 1 aromatic rings. The van der Waals surface area contributed by atoms with Crippen LogP contribution in [0.4, 0.5) is 0 Å². The van der Waals surface area contributed by atoms with Crippen molar-refractivity contribution in [2.45, 2.75) is 25.0 Å². The Morgan fingerprint density at radius 3 is 2.79 bits per heavy atom. The quantitative estimate of drug-likeness (QED) is 0.677. The second kappa shape index (κ2) is 5.73. The molecule has 1 atom stereocenters. The summed E-state index contributed by atoms with van der Waals surface area (Å²) in [5, 5.41) is 11.0. The molecule has 0 aliphatic heterocycles. The number of aromatic nitrogens is 1. The van der Waals surface area contributed by atoms with Crippen LogP contribution >= 0.6 is 27.7 Å². The molecular weight excluding hydrogens is 262 g/mol. The lowest BCUT2D eigenvalue weighted by Gasteiger charge is -2.06. The number of aliphatic hydroxyl groups excluding tert-OH is 1. The van der Waals surface area contributed by atoms with Crippen molar-refractivity contribution in [3.05, 3.63) is 23.4 Å². The van der Waals surface area contributed by atoms with Gasteiger partial charge in [0.05, 0.1) is 11.1 Å². The van der Waals surface area contributed by atoms with Gasteiger partial charge in [0, 0.05) is 16.8 Å². The Labute approximate surface area is 97.3 Å². The van der Waals surface area contributed by atoms with Crippen LogP contribution in [-0.2, 0) is 0 Å². The first-order valence-corrected chi connectivity index (χ1v) is 6.54. The largest absolute Gasteiger partial charge is 0.391 e. The summed E-state index contributed by atoms with van der Waals surface area (Å²) in [4.78, 5) is 4.38. The Hall–Kier alpha value is -0.0600. The molecule has 1 unspecified atom stereocenters. The van der Waals surface area contributed by atoms with E-state index >= 15 is 0 Å². The van der Waals surface area contributed by atoms with Crippen LogP contribution in [0.25, 0.3) is 0 Å². The summed E-state index contributed by atoms with van der Waals surface area (Å²) in [6, 6.07) is 4.09. The lowest BCUT2D eigenvalue weighted by atomic mass is 10.3. The third-order valence-corrected chi connectivity index (χ3v) is 3.48. The molecule has 2 nitrogen and oxygen atoms in total. The van der Waals surface area contributed by atoms with Gasteiger partial charge in [-0.05, 0) is 31.5 Å². The number of aliphatic hydroxyl groups is 1. The van der Waals surface area contributed by atoms with E-state index in [4.69, 9.17) is 0 Å². The first-order valence-electron chi connectivity index (χ1n) is 4.44. The maximum Gasteiger partial charge on any atom is 0.0966 e. The molecule has 0 aliphatic carbocycles. The maximum atomic E-state index is 9.36. The Balaban J connectivity index is 2.58. The second-order valence-corrected chi connectivity index (χ2v) is 4.93. The van der Waals surface area contributed by atoms with Crippen LogP contribution < -0.4 is 0 Å². The van der Waals surface area contributed by atoms with Crippen molar-refractivity contribution in [1.29, 1.82) is 0 Å². The highest BCUT2D eigenvalue weighted by Gasteiger charge is 2.04. The van der Waals surface area contributed by atoms with Crippen LogP contribution in [0.15, 0.2) is 17.2 Å². The number of pyridine rings is 1. The van der Waals surface area contributed by atoms with Crippen LogP contribution in [0.5, 0.6) is 0 Å². The lowest BCUT2D eigenvalue weighted by molar-refractivity contribution is 0.226. The fourth-order valence-corrected chi connectivity index (χ4v) is 2.60. The van der Waals surface area contributed by atoms with E-state index in [1.54, 1.807) is 11.8 Å². The Morgan fingerprint density at radius 2 is 2.21 bits per heavy atom. The molecule has 14 heavy (non-hydrogen) atoms. The van der Waals surface area contributed by atoms with Gasteiger partial charge in [0.1, 0.15) is 0 Å². The summed E-state index contributed by atoms with van der Waals surface area (Å²) in [5.74, 6) is 0.682. The average Bonchev–Trinajstić information content (AvgIpc) is 2.12. The van der Waals surface area contributed by atoms with Gasteiger partial charge in [-0.2, -0.15) is 0 Å². The molecule has 0 spiro atoms. The summed E-state index contributed by atoms with van der Waals surface area (Å²) in [7, 11) is 0. The minimum atomic E-state index is -0.303. The van der Waals surface area contributed by atoms with Gasteiger partial charge in [0.2, 0.25) is 0 Å². The number of hydrogen-bond donors (Lipinski definition) is 1. The first kappa shape index (κ1) is 12.0. The molecule has 0 aromatic carbocycles. The standard InChI is InChI=1S/C10H14BrNOS/c1-7-3-8(2)12-10(4-7)14-6-9(13)5-11/h3-4,9,13H,5-6H2,1-2H3. The molecule has 1 N–H and O–H groups in total. The average molecular weight is 276 g/mol. The van der Waals surface area contributed by atoms with Gasteiger partial charge < -0.3 is 5.11 Å². The minimum absolute atomic E-state index is 0.303. The Bertz CT molecular complexity index is 286. The smallest absolute Gasteiger partial charge is 0.0966 e. The first-order chi connectivity index (χ1) is 6.61. The SMILES string of the molecule is Cc1cc(C)nc(SCC(O)CBr)c1. The second-order valence-electron chi connectivity index (χ2n) is 3.24. The van der Waals surface area contributed by atoms with Crippen molar-refractivity contribution >= 4 is 27.7 Å². The van der Waals surface area contributed by atoms with Crippen molar-refractivity contribution in [1.82, 2.24) is 4.98 Å². The van der Waals surface area contributed by atoms with E-state index in [-0.39, 0.29) is 6.10 Å². The summed E-state index contributed by atoms with van der Waals surface area (Å²) in [6.45, 7) is 4.04. The molecule has 0 radical (unpaired) electrons. The van der Waals surface area contributed by atoms with Crippen LogP contribution in [0, 0.1) is 13.8 Å². The highest BCUT2D eigenvalue weighted by Crippen LogP contribution is 2.18. The van der Waals surface area contributed by atoms with Crippen LogP contribution in [0.1, 0.15) is 11.3 Å². The Morgan fingerprint density at radius 1 is 1.50 bits per heavy atom. The lowest BCUT2D eigenvalue weighted by Crippen LogP contribution is -2.10. The number of aryl methyl sites for hydroxylation is 2. The van der Waals surface area contributed by atoms with Gasteiger partial charge in [-0.25, -0.2) is 4.98 Å². The van der Waals surface area contributed by atoms with Gasteiger partial charge in [0.15, 0.2) is 0 Å². The zero-order valence-electron chi connectivity index (χ0n) is 8.33. The monoisotopic (exact) mass is 275 g/mol. The molecule has 1 heterocycles. The number of nitrogens with zero attached hydrogens (tertiary/aromatic N) is 1. The molecule has 0 amide bonds. The van der Waals surface area contributed by atoms with Crippen molar-refractivity contribution in [3.8, 4) is 0 Å². The molecular formula is C10H14BrNOS. The van der Waals surface area contributed by atoms with E-state index in [0.717, 1.165) is 10.7 Å². The molecule has 0 fully saturated rings. The van der Waals surface area contributed by atoms with Gasteiger partial charge in [-0.1, -0.05) is 15.9 Å². The predicted octanol–water partition coefficient (Wildman–Crippen LogP) is 2.55. The van der Waals surface area contributed by atoms with E-state index in [1.165, 1.54) is 5.56 Å². The van der Waals surface area contributed by atoms with Crippen LogP contribution in [0.2, 0.25) is 0 Å². The number of hydrogen-bond acceptors (Lipinski definition) is 3. The van der Waals surface area contributed by atoms with E-state index in [1.807, 2.05) is 19.1 Å². The zero-order valence-corrected chi connectivity index (χ0v) is 10.7. The normalized spacial score (nSPS) is 12.9. The number of alkyl halides is 1. The van der Waals surface area contributed by atoms with Crippen molar-refractivity contribution in [3.63, 3.8) is 0 Å². The highest BCUT2D eigenvalue weighted by atomic mass is 79.9. The van der Waals surface area contributed by atoms with E-state index in [0.29, 0.717) is 11.1 Å². The third kappa shape index (κ3) is 3.98. The topological polar surface area (TPSA) is 33.1 Å². The molecule has 4 heteroatoms. The maximum absolute atomic E-state index is 9.36. The highest BCUT2D eigenvalue weighted by molar-refractivity contribution is 9.09. The van der Waals surface area contributed by atoms with Gasteiger partial charge in [-0.3, -0.25) is 0 Å². The van der Waals surface area contributed by atoms with Crippen LogP contribution in [-0.4, -0.2) is 27.3 Å². The minimum Gasteiger partial charge on any atom is -0.391 e. The van der Waals surface area contributed by atoms with E-state index in [9.17, 15) is 5.11 Å². The summed E-state index contributed by atoms with van der Waals surface area (Å²) in [6.07, 6.45) is -0.303. The summed E-state index contributed by atoms with van der Waals surface area (Å²) < 4.78 is 0. The molecule has 1 aromatic heterocycles. The van der Waals surface area contributed by atoms with Crippen LogP contribution in [0.3, 0.4) is 0 Å².